The van der Waals surface area contributed by atoms with Crippen molar-refractivity contribution in [1.82, 2.24) is 19.9 Å². The molecule has 1 aromatic heterocycles. The first-order valence-corrected chi connectivity index (χ1v) is 15.3. The lowest BCUT2D eigenvalue weighted by Gasteiger charge is -2.29. The first-order chi connectivity index (χ1) is 20.5. The van der Waals surface area contributed by atoms with Gasteiger partial charge in [0.1, 0.15) is 10.9 Å². The summed E-state index contributed by atoms with van der Waals surface area (Å²) in [6, 6.07) is 11.0. The topological polar surface area (TPSA) is 150 Å². The van der Waals surface area contributed by atoms with E-state index in [1.807, 2.05) is 0 Å². The number of para-hydroxylation sites is 1. The van der Waals surface area contributed by atoms with E-state index >= 15 is 0 Å². The molecule has 3 amide bonds. The lowest BCUT2D eigenvalue weighted by atomic mass is 10.1. The minimum atomic E-state index is -3.87. The molecule has 0 bridgehead atoms. The summed E-state index contributed by atoms with van der Waals surface area (Å²) in [6.45, 7) is 1.67. The van der Waals surface area contributed by atoms with Crippen LogP contribution in [0.25, 0.3) is 0 Å². The zero-order chi connectivity index (χ0) is 31.1. The van der Waals surface area contributed by atoms with Gasteiger partial charge in [-0.3, -0.25) is 14.7 Å². The maximum absolute atomic E-state index is 13.4. The number of sulfonamides is 1. The van der Waals surface area contributed by atoms with E-state index in [9.17, 15) is 22.8 Å². The predicted molar refractivity (Wildman–Crippen MR) is 163 cm³/mol. The Bertz CT molecular complexity index is 1580. The number of carbonyl (C=O) groups is 3. The Morgan fingerprint density at radius 2 is 1.67 bits per heavy atom. The normalized spacial score (nSPS) is 14.4. The molecule has 0 unspecified atom stereocenters. The van der Waals surface area contributed by atoms with Gasteiger partial charge in [0.2, 0.25) is 10.0 Å². The molecule has 228 valence electrons. The molecule has 3 aromatic rings. The molecule has 1 aliphatic rings. The molecule has 0 radical (unpaired) electrons. The number of nitrogens with zero attached hydrogens (tertiary/aromatic N) is 3. The van der Waals surface area contributed by atoms with Crippen LogP contribution in [-0.4, -0.2) is 82.0 Å². The number of pyridine rings is 1. The van der Waals surface area contributed by atoms with Gasteiger partial charge in [-0.1, -0.05) is 47.5 Å². The molecule has 0 saturated carbocycles. The average molecular weight is 650 g/mol. The Morgan fingerprint density at radius 1 is 1.05 bits per heavy atom. The first kappa shape index (κ1) is 32.2. The van der Waals surface area contributed by atoms with Gasteiger partial charge < -0.3 is 20.7 Å². The first-order valence-electron chi connectivity index (χ1n) is 13.1. The molecule has 0 spiro atoms. The van der Waals surface area contributed by atoms with Crippen molar-refractivity contribution in [2.75, 3.05) is 50.6 Å². The Balaban J connectivity index is 1.47. The standard InChI is InChI=1S/C28H30Cl2N6O6S/c1-35(23-5-3-4-6-24(23)43(40,41)36-13-11-31-12-14-36)28(39)34-22(27(38)42-2)15-18-7-9-19(10-8-18)33-26(37)25-20(29)16-32-17-21(25)30/h3-10,16-17,22,31H,11-15H2,1-2H3,(H,33,37)(H,34,39)/t22-/m0/s1. The number of ether oxygens (including phenoxy) is 1. The van der Waals surface area contributed by atoms with E-state index in [1.54, 1.807) is 36.4 Å². The van der Waals surface area contributed by atoms with Gasteiger partial charge in [0.25, 0.3) is 5.91 Å². The number of hydrogen-bond donors (Lipinski definition) is 3. The number of methoxy groups -OCH3 is 1. The third kappa shape index (κ3) is 7.61. The number of hydrogen-bond acceptors (Lipinski definition) is 8. The highest BCUT2D eigenvalue weighted by Gasteiger charge is 2.31. The van der Waals surface area contributed by atoms with Gasteiger partial charge in [-0.2, -0.15) is 4.31 Å². The Morgan fingerprint density at radius 3 is 2.30 bits per heavy atom. The fraction of sp³-hybridized carbons (Fsp3) is 0.286. The van der Waals surface area contributed by atoms with E-state index in [2.05, 4.69) is 20.9 Å². The number of rotatable bonds is 9. The van der Waals surface area contributed by atoms with Crippen molar-refractivity contribution in [3.05, 3.63) is 82.1 Å². The number of piperazine rings is 1. The molecule has 2 heterocycles. The van der Waals surface area contributed by atoms with Crippen LogP contribution in [-0.2, 0) is 26.0 Å². The van der Waals surface area contributed by atoms with E-state index in [1.165, 1.54) is 43.0 Å². The molecule has 1 atom stereocenters. The minimum absolute atomic E-state index is 0.0175. The number of aromatic nitrogens is 1. The summed E-state index contributed by atoms with van der Waals surface area (Å²) in [7, 11) is -1.24. The monoisotopic (exact) mass is 648 g/mol. The quantitative estimate of drug-likeness (QED) is 0.300. The van der Waals surface area contributed by atoms with Crippen molar-refractivity contribution in [2.24, 2.45) is 0 Å². The molecule has 1 aliphatic heterocycles. The number of amides is 3. The molecule has 1 fully saturated rings. The number of benzene rings is 2. The highest BCUT2D eigenvalue weighted by molar-refractivity contribution is 7.89. The van der Waals surface area contributed by atoms with Gasteiger partial charge >= 0.3 is 12.0 Å². The van der Waals surface area contributed by atoms with Crippen LogP contribution < -0.4 is 20.9 Å². The zero-order valence-corrected chi connectivity index (χ0v) is 25.7. The van der Waals surface area contributed by atoms with Crippen molar-refractivity contribution in [3.8, 4) is 0 Å². The minimum Gasteiger partial charge on any atom is -0.467 e. The number of nitrogens with one attached hydrogen (secondary N) is 3. The highest BCUT2D eigenvalue weighted by atomic mass is 35.5. The number of esters is 1. The Hall–Kier alpha value is -3.75. The van der Waals surface area contributed by atoms with Gasteiger partial charge in [0.15, 0.2) is 0 Å². The second-order valence-electron chi connectivity index (χ2n) is 9.54. The number of carbonyl (C=O) groups excluding carboxylic acids is 3. The second kappa shape index (κ2) is 14.1. The predicted octanol–water partition coefficient (Wildman–Crippen LogP) is 3.16. The van der Waals surface area contributed by atoms with E-state index in [0.29, 0.717) is 37.4 Å². The molecule has 2 aromatic carbocycles. The summed E-state index contributed by atoms with van der Waals surface area (Å²) in [5, 5.41) is 8.67. The number of anilines is 2. The van der Waals surface area contributed by atoms with E-state index in [4.69, 9.17) is 27.9 Å². The summed E-state index contributed by atoms with van der Waals surface area (Å²) in [4.78, 5) is 43.6. The van der Waals surface area contributed by atoms with Crippen molar-refractivity contribution in [1.29, 1.82) is 0 Å². The maximum Gasteiger partial charge on any atom is 0.328 e. The van der Waals surface area contributed by atoms with Crippen LogP contribution in [0, 0.1) is 0 Å². The van der Waals surface area contributed by atoms with Crippen LogP contribution in [0.5, 0.6) is 0 Å². The third-order valence-electron chi connectivity index (χ3n) is 6.74. The van der Waals surface area contributed by atoms with E-state index in [0.717, 1.165) is 4.90 Å². The largest absolute Gasteiger partial charge is 0.467 e. The van der Waals surface area contributed by atoms with Crippen LogP contribution in [0.1, 0.15) is 15.9 Å². The summed E-state index contributed by atoms with van der Waals surface area (Å²) >= 11 is 12.1. The van der Waals surface area contributed by atoms with Crippen LogP contribution >= 0.6 is 23.2 Å². The second-order valence-corrected chi connectivity index (χ2v) is 12.3. The molecule has 15 heteroatoms. The molecule has 3 N–H and O–H groups in total. The molecular formula is C28H30Cl2N6O6S. The molecule has 1 saturated heterocycles. The lowest BCUT2D eigenvalue weighted by molar-refractivity contribution is -0.142. The molecule has 43 heavy (non-hydrogen) atoms. The van der Waals surface area contributed by atoms with Crippen molar-refractivity contribution in [3.63, 3.8) is 0 Å². The highest BCUT2D eigenvalue weighted by Crippen LogP contribution is 2.28. The van der Waals surface area contributed by atoms with Crippen LogP contribution in [0.3, 0.4) is 0 Å². The summed E-state index contributed by atoms with van der Waals surface area (Å²) in [5.74, 6) is -1.21. The fourth-order valence-corrected chi connectivity index (χ4v) is 6.65. The van der Waals surface area contributed by atoms with Crippen molar-refractivity contribution in [2.45, 2.75) is 17.4 Å². The average Bonchev–Trinajstić information content (AvgIpc) is 3.01. The van der Waals surface area contributed by atoms with E-state index < -0.39 is 34.0 Å². The smallest absolute Gasteiger partial charge is 0.328 e. The molecule has 12 nitrogen and oxygen atoms in total. The van der Waals surface area contributed by atoms with Gasteiger partial charge in [0.05, 0.1) is 28.4 Å². The summed E-state index contributed by atoms with van der Waals surface area (Å²) in [6.07, 6.45) is 2.69. The van der Waals surface area contributed by atoms with E-state index in [-0.39, 0.29) is 32.6 Å². The van der Waals surface area contributed by atoms with Crippen molar-refractivity contribution >= 4 is 62.5 Å². The maximum atomic E-state index is 13.4. The van der Waals surface area contributed by atoms with Crippen LogP contribution in [0.15, 0.2) is 65.8 Å². The van der Waals surface area contributed by atoms with Crippen LogP contribution in [0.4, 0.5) is 16.2 Å². The number of halogens is 2. The van der Waals surface area contributed by atoms with Gasteiger partial charge in [-0.25, -0.2) is 18.0 Å². The molecule has 4 rings (SSSR count). The van der Waals surface area contributed by atoms with Gasteiger partial charge in [0, 0.05) is 57.7 Å². The zero-order valence-electron chi connectivity index (χ0n) is 23.3. The molecular weight excluding hydrogens is 619 g/mol. The lowest BCUT2D eigenvalue weighted by Crippen LogP contribution is -2.49. The van der Waals surface area contributed by atoms with Crippen LogP contribution in [0.2, 0.25) is 10.0 Å². The van der Waals surface area contributed by atoms with Gasteiger partial charge in [-0.05, 0) is 29.8 Å². The number of urea groups is 1. The molecule has 0 aliphatic carbocycles. The third-order valence-corrected chi connectivity index (χ3v) is 9.26. The van der Waals surface area contributed by atoms with Gasteiger partial charge in [-0.15, -0.1) is 0 Å². The summed E-state index contributed by atoms with van der Waals surface area (Å²) < 4.78 is 33.1. The summed E-state index contributed by atoms with van der Waals surface area (Å²) in [5.41, 5.74) is 1.34. The Labute approximate surface area is 259 Å². The Kier molecular flexibility index (Phi) is 10.6. The van der Waals surface area contributed by atoms with Crippen molar-refractivity contribution < 1.29 is 27.5 Å². The fourth-order valence-electron chi connectivity index (χ4n) is 4.45. The SMILES string of the molecule is COC(=O)[C@H](Cc1ccc(NC(=O)c2c(Cl)cncc2Cl)cc1)NC(=O)N(C)c1ccccc1S(=O)(=O)N1CCNCC1.